The van der Waals surface area contributed by atoms with Crippen molar-refractivity contribution in [3.8, 4) is 11.5 Å². The Bertz CT molecular complexity index is 1750. The molecule has 2 aromatic heterocycles. The van der Waals surface area contributed by atoms with Crippen molar-refractivity contribution in [2.45, 2.75) is 0 Å². The van der Waals surface area contributed by atoms with Gasteiger partial charge in [0.25, 0.3) is 16.8 Å². The number of thioether (sulfide) groups is 1. The van der Waals surface area contributed by atoms with Crippen molar-refractivity contribution in [2.75, 3.05) is 20.8 Å². The fraction of sp³-hybridized carbons (Fsp3) is 0.120. The number of rotatable bonds is 7. The number of benzene rings is 2. The maximum absolute atomic E-state index is 13.1. The highest BCUT2D eigenvalue weighted by molar-refractivity contribution is 8.18. The van der Waals surface area contributed by atoms with Gasteiger partial charge in [-0.2, -0.15) is 0 Å². The number of furan rings is 1. The second-order valence-electron chi connectivity index (χ2n) is 7.94. The van der Waals surface area contributed by atoms with Crippen LogP contribution in [-0.4, -0.2) is 47.5 Å². The lowest BCUT2D eigenvalue weighted by molar-refractivity contribution is -0.384. The Morgan fingerprint density at radius 2 is 1.79 bits per heavy atom. The van der Waals surface area contributed by atoms with E-state index in [4.69, 9.17) is 18.3 Å². The van der Waals surface area contributed by atoms with Gasteiger partial charge in [-0.3, -0.25) is 34.2 Å². The normalized spacial score (nSPS) is 14.6. The van der Waals surface area contributed by atoms with Crippen LogP contribution in [0.5, 0.6) is 11.5 Å². The number of nitrogens with zero attached hydrogens (tertiary/aromatic N) is 2. The highest BCUT2D eigenvalue weighted by Gasteiger charge is 2.37. The molecule has 2 aromatic carbocycles. The van der Waals surface area contributed by atoms with E-state index in [9.17, 15) is 29.3 Å². The average molecular weight is 536 g/mol. The summed E-state index contributed by atoms with van der Waals surface area (Å²) in [4.78, 5) is 62.0. The van der Waals surface area contributed by atoms with Crippen molar-refractivity contribution in [1.82, 2.24) is 4.90 Å². The molecular weight excluding hydrogens is 520 g/mol. The smallest absolute Gasteiger partial charge is 0.293 e. The first-order valence-corrected chi connectivity index (χ1v) is 11.7. The van der Waals surface area contributed by atoms with Crippen molar-refractivity contribution in [3.05, 3.63) is 79.2 Å². The van der Waals surface area contributed by atoms with Crippen LogP contribution in [0.2, 0.25) is 0 Å². The second-order valence-corrected chi connectivity index (χ2v) is 8.94. The minimum atomic E-state index is -0.760. The number of carbonyl (C=O) groups is 3. The number of ether oxygens (including phenoxy) is 2. The molecule has 0 spiro atoms. The Morgan fingerprint density at radius 1 is 1.08 bits per heavy atom. The zero-order chi connectivity index (χ0) is 27.1. The monoisotopic (exact) mass is 536 g/mol. The first kappa shape index (κ1) is 24.8. The first-order chi connectivity index (χ1) is 18.2. The Labute approximate surface area is 216 Å². The van der Waals surface area contributed by atoms with Crippen molar-refractivity contribution >= 4 is 62.4 Å². The highest BCUT2D eigenvalue weighted by atomic mass is 32.2. The number of non-ortho nitro benzene ring substituents is 1. The van der Waals surface area contributed by atoms with E-state index in [2.05, 4.69) is 0 Å². The van der Waals surface area contributed by atoms with Crippen LogP contribution in [0, 0.1) is 10.1 Å². The average Bonchev–Trinajstić information content (AvgIpc) is 3.48. The SMILES string of the molecule is COc1c2occc2c(OC)c2c(=O)cc(/C=C3/SC(=O)N(CC(=O)c4ccc([N+](=O)[O-])cc4)C3=O)oc12. The quantitative estimate of drug-likeness (QED) is 0.143. The van der Waals surface area contributed by atoms with E-state index in [1.165, 1.54) is 38.7 Å². The van der Waals surface area contributed by atoms with Gasteiger partial charge in [0, 0.05) is 29.8 Å². The number of nitro groups is 1. The molecule has 0 bridgehead atoms. The van der Waals surface area contributed by atoms with Crippen LogP contribution in [0.1, 0.15) is 16.1 Å². The van der Waals surface area contributed by atoms with E-state index >= 15 is 0 Å². The van der Waals surface area contributed by atoms with Gasteiger partial charge < -0.3 is 18.3 Å². The molecule has 1 saturated heterocycles. The van der Waals surface area contributed by atoms with Crippen molar-refractivity contribution in [1.29, 1.82) is 0 Å². The van der Waals surface area contributed by atoms with Gasteiger partial charge in [-0.1, -0.05) is 0 Å². The van der Waals surface area contributed by atoms with Gasteiger partial charge in [0.1, 0.15) is 16.9 Å². The number of carbonyl (C=O) groups excluding carboxylic acids is 3. The van der Waals surface area contributed by atoms with Crippen LogP contribution in [0.3, 0.4) is 0 Å². The fourth-order valence-electron chi connectivity index (χ4n) is 4.03. The molecule has 1 fully saturated rings. The summed E-state index contributed by atoms with van der Waals surface area (Å²) in [6, 6.07) is 7.57. The predicted octanol–water partition coefficient (Wildman–Crippen LogP) is 4.38. The molecule has 5 rings (SSSR count). The van der Waals surface area contributed by atoms with Gasteiger partial charge in [0.15, 0.2) is 22.4 Å². The first-order valence-electron chi connectivity index (χ1n) is 10.9. The molecular formula is C25H16N2O10S. The number of Topliss-reactive ketones (excluding diaryl/α,β-unsaturated/α-hetero) is 1. The standard InChI is InChI=1S/C25H16N2O10S/c1-34-20-15-7-8-36-21(15)23(35-2)22-19(20)16(28)9-14(37-22)10-18-24(30)26(25(31)38-18)11-17(29)12-3-5-13(6-4-12)27(32)33/h3-10H,11H2,1-2H3/b18-10+. The number of amides is 2. The molecule has 3 heterocycles. The van der Waals surface area contributed by atoms with E-state index in [1.807, 2.05) is 0 Å². The molecule has 0 saturated carbocycles. The second kappa shape index (κ2) is 9.52. The number of hydrogen-bond donors (Lipinski definition) is 0. The minimum Gasteiger partial charge on any atom is -0.495 e. The molecule has 12 nitrogen and oxygen atoms in total. The summed E-state index contributed by atoms with van der Waals surface area (Å²) in [5.41, 5.74) is -0.261. The lowest BCUT2D eigenvalue weighted by Gasteiger charge is -2.11. The van der Waals surface area contributed by atoms with Gasteiger partial charge in [0.2, 0.25) is 5.75 Å². The zero-order valence-electron chi connectivity index (χ0n) is 19.7. The number of ketones is 1. The van der Waals surface area contributed by atoms with Gasteiger partial charge in [0.05, 0.1) is 42.2 Å². The lowest BCUT2D eigenvalue weighted by Crippen LogP contribution is -2.33. The van der Waals surface area contributed by atoms with E-state index in [1.54, 1.807) is 6.07 Å². The van der Waals surface area contributed by atoms with Crippen LogP contribution < -0.4 is 14.9 Å². The summed E-state index contributed by atoms with van der Waals surface area (Å²) in [5, 5.41) is 10.7. The summed E-state index contributed by atoms with van der Waals surface area (Å²) < 4.78 is 22.2. The zero-order valence-corrected chi connectivity index (χ0v) is 20.5. The number of hydrogen-bond acceptors (Lipinski definition) is 11. The van der Waals surface area contributed by atoms with Crippen LogP contribution in [0.25, 0.3) is 28.0 Å². The molecule has 0 atom stereocenters. The Morgan fingerprint density at radius 3 is 2.45 bits per heavy atom. The maximum Gasteiger partial charge on any atom is 0.293 e. The Kier molecular flexibility index (Phi) is 6.20. The molecule has 13 heteroatoms. The number of imide groups is 1. The Balaban J connectivity index is 1.48. The molecule has 192 valence electrons. The molecule has 38 heavy (non-hydrogen) atoms. The van der Waals surface area contributed by atoms with E-state index in [-0.39, 0.29) is 44.4 Å². The lowest BCUT2D eigenvalue weighted by atomic mass is 10.1. The summed E-state index contributed by atoms with van der Waals surface area (Å²) in [6.45, 7) is -0.566. The van der Waals surface area contributed by atoms with Gasteiger partial charge >= 0.3 is 0 Å². The van der Waals surface area contributed by atoms with Crippen LogP contribution in [-0.2, 0) is 4.79 Å². The highest BCUT2D eigenvalue weighted by Crippen LogP contribution is 2.42. The number of methoxy groups -OCH3 is 2. The molecule has 1 aliphatic rings. The molecule has 0 radical (unpaired) electrons. The largest absolute Gasteiger partial charge is 0.495 e. The van der Waals surface area contributed by atoms with Crippen LogP contribution >= 0.6 is 11.8 Å². The van der Waals surface area contributed by atoms with Gasteiger partial charge in [-0.05, 0) is 30.0 Å². The molecule has 1 aliphatic heterocycles. The summed E-state index contributed by atoms with van der Waals surface area (Å²) in [7, 11) is 2.78. The van der Waals surface area contributed by atoms with Crippen LogP contribution in [0.4, 0.5) is 10.5 Å². The van der Waals surface area contributed by atoms with Crippen molar-refractivity contribution in [2.24, 2.45) is 0 Å². The predicted molar refractivity (Wildman–Crippen MR) is 135 cm³/mol. The van der Waals surface area contributed by atoms with E-state index in [0.717, 1.165) is 23.1 Å². The topological polar surface area (TPSA) is 159 Å². The Hall–Kier alpha value is -4.91. The third-order valence-corrected chi connectivity index (χ3v) is 6.68. The summed E-state index contributed by atoms with van der Waals surface area (Å²) in [6.07, 6.45) is 2.63. The summed E-state index contributed by atoms with van der Waals surface area (Å²) >= 11 is 0.573. The third kappa shape index (κ3) is 4.08. The van der Waals surface area contributed by atoms with E-state index in [0.29, 0.717) is 22.7 Å². The van der Waals surface area contributed by atoms with Crippen LogP contribution in [0.15, 0.2) is 61.2 Å². The fourth-order valence-corrected chi connectivity index (χ4v) is 4.84. The third-order valence-electron chi connectivity index (χ3n) is 5.77. The number of fused-ring (bicyclic) bond motifs is 2. The minimum absolute atomic E-state index is 0.0260. The molecule has 4 aromatic rings. The molecule has 2 amide bonds. The molecule has 0 N–H and O–H groups in total. The van der Waals surface area contributed by atoms with Crippen molar-refractivity contribution < 1.29 is 37.6 Å². The van der Waals surface area contributed by atoms with Crippen molar-refractivity contribution in [3.63, 3.8) is 0 Å². The maximum atomic E-state index is 13.1. The molecule has 0 aliphatic carbocycles. The molecule has 0 unspecified atom stereocenters. The van der Waals surface area contributed by atoms with Gasteiger partial charge in [-0.15, -0.1) is 0 Å². The van der Waals surface area contributed by atoms with E-state index < -0.39 is 33.8 Å². The summed E-state index contributed by atoms with van der Waals surface area (Å²) in [5.74, 6) is -1.00. The number of nitro benzene ring substituents is 1. The van der Waals surface area contributed by atoms with Gasteiger partial charge in [-0.25, -0.2) is 0 Å².